The van der Waals surface area contributed by atoms with Crippen LogP contribution in [0.15, 0.2) is 0 Å². The average Bonchev–Trinajstić information content (AvgIpc) is 2.77. The summed E-state index contributed by atoms with van der Waals surface area (Å²) in [6, 6.07) is 0. The maximum atomic E-state index is 5.83. The van der Waals surface area contributed by atoms with Crippen LogP contribution in [0.5, 0.6) is 0 Å². The molecule has 0 aromatic rings. The van der Waals surface area contributed by atoms with Gasteiger partial charge in [0.1, 0.15) is 4.32 Å². The van der Waals surface area contributed by atoms with Crippen molar-refractivity contribution in [2.45, 2.75) is 168 Å². The first-order valence-corrected chi connectivity index (χ1v) is 15.1. The van der Waals surface area contributed by atoms with E-state index in [2.05, 4.69) is 26.1 Å². The van der Waals surface area contributed by atoms with E-state index in [0.29, 0.717) is 0 Å². The van der Waals surface area contributed by atoms with Gasteiger partial charge in [0.05, 0.1) is 0 Å². The minimum absolute atomic E-state index is 0.169. The van der Waals surface area contributed by atoms with Gasteiger partial charge < -0.3 is 5.32 Å². The molecule has 0 saturated heterocycles. The number of nitrogens with two attached hydrogens (primary N) is 1. The van der Waals surface area contributed by atoms with Crippen LogP contribution in [-0.4, -0.2) is 9.86 Å². The zero-order valence-corrected chi connectivity index (χ0v) is 23.1. The van der Waals surface area contributed by atoms with E-state index in [0.717, 1.165) is 4.32 Å². The quantitative estimate of drug-likeness (QED) is 0.0881. The fourth-order valence-corrected chi connectivity index (χ4v) is 5.21. The lowest BCUT2D eigenvalue weighted by Gasteiger charge is -2.36. The first-order chi connectivity index (χ1) is 15.1. The van der Waals surface area contributed by atoms with Gasteiger partial charge in [0.25, 0.3) is 0 Å². The average molecular weight is 473 g/mol. The van der Waals surface area contributed by atoms with Crippen molar-refractivity contribution in [2.75, 3.05) is 0 Å². The molecule has 0 aliphatic rings. The van der Waals surface area contributed by atoms with Gasteiger partial charge in [-0.3, -0.25) is 5.14 Å². The van der Waals surface area contributed by atoms with E-state index in [9.17, 15) is 0 Å². The first kappa shape index (κ1) is 31.2. The van der Waals surface area contributed by atoms with Crippen LogP contribution in [-0.2, 0) is 0 Å². The Morgan fingerprint density at radius 1 is 0.581 bits per heavy atom. The summed E-state index contributed by atoms with van der Waals surface area (Å²) in [6.07, 6.45) is 29.7. The SMILES string of the molecule is CCCCCCCCCC(CCCCCCCC)(CCCCCCCC)NC(=S)SN. The van der Waals surface area contributed by atoms with Crippen molar-refractivity contribution >= 4 is 28.5 Å². The molecule has 0 amide bonds. The summed E-state index contributed by atoms with van der Waals surface area (Å²) in [4.78, 5) is 0. The number of unbranched alkanes of at least 4 members (excludes halogenated alkanes) is 16. The van der Waals surface area contributed by atoms with E-state index in [1.165, 1.54) is 153 Å². The summed E-state index contributed by atoms with van der Waals surface area (Å²) in [5, 5.41) is 9.60. The van der Waals surface area contributed by atoms with E-state index in [-0.39, 0.29) is 5.54 Å². The molecule has 2 nitrogen and oxygen atoms in total. The highest BCUT2D eigenvalue weighted by molar-refractivity contribution is 8.21. The molecule has 4 heteroatoms. The molecule has 0 aromatic heterocycles. The van der Waals surface area contributed by atoms with Gasteiger partial charge in [-0.15, -0.1) is 0 Å². The Bertz CT molecular complexity index is 371. The maximum absolute atomic E-state index is 5.83. The number of nitrogens with one attached hydrogen (secondary N) is 1. The first-order valence-electron chi connectivity index (χ1n) is 13.8. The molecule has 0 aromatic carbocycles. The van der Waals surface area contributed by atoms with Crippen molar-refractivity contribution in [3.63, 3.8) is 0 Å². The number of rotatable bonds is 23. The molecule has 0 unspecified atom stereocenters. The standard InChI is InChI=1S/C27H56N2S2/c1-4-7-10-13-16-19-22-25-27(29-26(30)31-28,23-20-17-14-11-8-5-2)24-21-18-15-12-9-6-3/h4-25,28H2,1-3H3,(H,29,30). The van der Waals surface area contributed by atoms with Gasteiger partial charge in [-0.25, -0.2) is 0 Å². The third-order valence-corrected chi connectivity index (χ3v) is 7.46. The monoisotopic (exact) mass is 472 g/mol. The topological polar surface area (TPSA) is 38.0 Å². The third-order valence-electron chi connectivity index (χ3n) is 6.75. The second kappa shape index (κ2) is 23.4. The molecule has 31 heavy (non-hydrogen) atoms. The fourth-order valence-electron chi connectivity index (χ4n) is 4.72. The Labute approximate surface area is 206 Å². The van der Waals surface area contributed by atoms with Gasteiger partial charge in [-0.1, -0.05) is 155 Å². The van der Waals surface area contributed by atoms with Gasteiger partial charge in [-0.2, -0.15) is 0 Å². The van der Waals surface area contributed by atoms with Gasteiger partial charge >= 0.3 is 0 Å². The van der Waals surface area contributed by atoms with Crippen molar-refractivity contribution in [1.29, 1.82) is 0 Å². The Morgan fingerprint density at radius 3 is 1.16 bits per heavy atom. The van der Waals surface area contributed by atoms with Crippen LogP contribution in [0.2, 0.25) is 0 Å². The lowest BCUT2D eigenvalue weighted by Crippen LogP contribution is -2.47. The zero-order chi connectivity index (χ0) is 23.0. The molecule has 0 spiro atoms. The highest BCUT2D eigenvalue weighted by Crippen LogP contribution is 2.30. The maximum Gasteiger partial charge on any atom is 0.149 e. The molecular weight excluding hydrogens is 416 g/mol. The van der Waals surface area contributed by atoms with Crippen LogP contribution in [0.4, 0.5) is 0 Å². The van der Waals surface area contributed by atoms with Gasteiger partial charge in [0.2, 0.25) is 0 Å². The summed E-state index contributed by atoms with van der Waals surface area (Å²) in [6.45, 7) is 6.88. The molecule has 0 rings (SSSR count). The molecule has 0 radical (unpaired) electrons. The Morgan fingerprint density at radius 2 is 0.871 bits per heavy atom. The summed E-state index contributed by atoms with van der Waals surface area (Å²) in [5.41, 5.74) is 0.169. The minimum atomic E-state index is 0.169. The normalized spacial score (nSPS) is 11.7. The summed E-state index contributed by atoms with van der Waals surface area (Å²) >= 11 is 6.78. The van der Waals surface area contributed by atoms with E-state index in [1.807, 2.05) is 0 Å². The predicted octanol–water partition coefficient (Wildman–Crippen LogP) is 9.85. The summed E-state index contributed by atoms with van der Waals surface area (Å²) < 4.78 is 0.792. The van der Waals surface area contributed by atoms with Crippen LogP contribution in [0.1, 0.15) is 162 Å². The lowest BCUT2D eigenvalue weighted by atomic mass is 9.81. The smallest absolute Gasteiger partial charge is 0.149 e. The van der Waals surface area contributed by atoms with Crippen LogP contribution in [0.25, 0.3) is 0 Å². The Kier molecular flexibility index (Phi) is 23.5. The second-order valence-electron chi connectivity index (χ2n) is 9.72. The van der Waals surface area contributed by atoms with E-state index < -0.39 is 0 Å². The zero-order valence-electron chi connectivity index (χ0n) is 21.5. The molecule has 0 aliphatic heterocycles. The van der Waals surface area contributed by atoms with E-state index in [4.69, 9.17) is 17.4 Å². The highest BCUT2D eigenvalue weighted by Gasteiger charge is 2.29. The van der Waals surface area contributed by atoms with Crippen LogP contribution in [0.3, 0.4) is 0 Å². The molecule has 0 bridgehead atoms. The predicted molar refractivity (Wildman–Crippen MR) is 149 cm³/mol. The highest BCUT2D eigenvalue weighted by atomic mass is 32.2. The molecule has 0 saturated carbocycles. The van der Waals surface area contributed by atoms with Crippen molar-refractivity contribution in [1.82, 2.24) is 5.32 Å². The van der Waals surface area contributed by atoms with Crippen molar-refractivity contribution in [3.8, 4) is 0 Å². The van der Waals surface area contributed by atoms with E-state index >= 15 is 0 Å². The lowest BCUT2D eigenvalue weighted by molar-refractivity contribution is 0.274. The Hall–Kier alpha value is 0.200. The van der Waals surface area contributed by atoms with Crippen LogP contribution >= 0.6 is 24.2 Å². The van der Waals surface area contributed by atoms with Gasteiger partial charge in [0.15, 0.2) is 0 Å². The van der Waals surface area contributed by atoms with E-state index in [1.54, 1.807) is 0 Å². The number of thiocarbonyl (C=S) groups is 1. The molecule has 3 N–H and O–H groups in total. The third kappa shape index (κ3) is 19.4. The second-order valence-corrected chi connectivity index (χ2v) is 11.0. The Balaban J connectivity index is 4.71. The van der Waals surface area contributed by atoms with Gasteiger partial charge in [0, 0.05) is 5.54 Å². The molecular formula is C27H56N2S2. The number of hydrogen-bond donors (Lipinski definition) is 2. The van der Waals surface area contributed by atoms with Crippen molar-refractivity contribution in [2.24, 2.45) is 5.14 Å². The minimum Gasteiger partial charge on any atom is -0.365 e. The van der Waals surface area contributed by atoms with Crippen LogP contribution in [0, 0.1) is 0 Å². The molecule has 186 valence electrons. The molecule has 0 fully saturated rings. The summed E-state index contributed by atoms with van der Waals surface area (Å²) in [5.74, 6) is 0. The summed E-state index contributed by atoms with van der Waals surface area (Å²) in [7, 11) is 0. The largest absolute Gasteiger partial charge is 0.365 e. The van der Waals surface area contributed by atoms with Gasteiger partial charge in [-0.05, 0) is 31.2 Å². The number of hydrogen-bond acceptors (Lipinski definition) is 3. The molecule has 0 aliphatic carbocycles. The van der Waals surface area contributed by atoms with Crippen molar-refractivity contribution < 1.29 is 0 Å². The fraction of sp³-hybridized carbons (Fsp3) is 0.963. The molecule has 0 heterocycles. The van der Waals surface area contributed by atoms with Crippen molar-refractivity contribution in [3.05, 3.63) is 0 Å². The molecule has 0 atom stereocenters. The van der Waals surface area contributed by atoms with Crippen LogP contribution < -0.4 is 10.5 Å².